The highest BCUT2D eigenvalue weighted by Crippen LogP contribution is 2.17. The Bertz CT molecular complexity index is 517. The maximum atomic E-state index is 12.0. The maximum absolute atomic E-state index is 12.0. The normalized spacial score (nSPS) is 12.1. The van der Waals surface area contributed by atoms with Crippen LogP contribution in [-0.4, -0.2) is 38.7 Å². The second-order valence-corrected chi connectivity index (χ2v) is 7.76. The van der Waals surface area contributed by atoms with E-state index in [1.165, 1.54) is 4.31 Å². The van der Waals surface area contributed by atoms with Gasteiger partial charge in [-0.3, -0.25) is 0 Å². The smallest absolute Gasteiger partial charge is 0.213 e. The van der Waals surface area contributed by atoms with Gasteiger partial charge in [0, 0.05) is 18.6 Å². The predicted octanol–water partition coefficient (Wildman–Crippen LogP) is 3.03. The molecule has 0 aliphatic heterocycles. The van der Waals surface area contributed by atoms with Crippen LogP contribution >= 0.6 is 11.6 Å². The molecule has 0 spiro atoms. The van der Waals surface area contributed by atoms with E-state index in [9.17, 15) is 8.42 Å². The highest BCUT2D eigenvalue weighted by molar-refractivity contribution is 7.89. The van der Waals surface area contributed by atoms with Crippen LogP contribution < -0.4 is 4.74 Å². The Hall–Kier alpha value is -0.780. The number of ether oxygens (including phenoxy) is 1. The zero-order chi connectivity index (χ0) is 15.2. The summed E-state index contributed by atoms with van der Waals surface area (Å²) in [6.07, 6.45) is 0.668. The van der Waals surface area contributed by atoms with E-state index in [-0.39, 0.29) is 5.75 Å². The minimum Gasteiger partial charge on any atom is -0.492 e. The minimum atomic E-state index is -3.19. The fraction of sp³-hybridized carbons (Fsp3) is 0.571. The molecule has 0 bridgehead atoms. The van der Waals surface area contributed by atoms with Gasteiger partial charge in [-0.15, -0.1) is 0 Å². The predicted molar refractivity (Wildman–Crippen MR) is 82.8 cm³/mol. The third-order valence-corrected chi connectivity index (χ3v) is 5.02. The summed E-state index contributed by atoms with van der Waals surface area (Å²) in [6, 6.07) is 7.05. The zero-order valence-corrected chi connectivity index (χ0v) is 13.7. The fourth-order valence-electron chi connectivity index (χ4n) is 1.53. The Kier molecular flexibility index (Phi) is 6.79. The topological polar surface area (TPSA) is 46.6 Å². The highest BCUT2D eigenvalue weighted by Gasteiger charge is 2.17. The van der Waals surface area contributed by atoms with Crippen LogP contribution in [0.4, 0.5) is 0 Å². The van der Waals surface area contributed by atoms with Crippen molar-refractivity contribution in [2.45, 2.75) is 20.3 Å². The molecule has 0 heterocycles. The standard InChI is InChI=1S/C14H22ClNO3S/c1-12(2)7-10-20(17,18)16(3)8-9-19-14-6-4-5-13(15)11-14/h4-6,11-12H,7-10H2,1-3H3. The number of hydrogen-bond donors (Lipinski definition) is 0. The fourth-order valence-corrected chi connectivity index (χ4v) is 3.14. The van der Waals surface area contributed by atoms with Crippen LogP contribution in [0.2, 0.25) is 5.02 Å². The van der Waals surface area contributed by atoms with E-state index in [0.717, 1.165) is 0 Å². The van der Waals surface area contributed by atoms with Gasteiger partial charge in [0.2, 0.25) is 10.0 Å². The molecule has 20 heavy (non-hydrogen) atoms. The molecular formula is C14H22ClNO3S. The molecule has 6 heteroatoms. The lowest BCUT2D eigenvalue weighted by molar-refractivity contribution is 0.286. The van der Waals surface area contributed by atoms with Gasteiger partial charge in [-0.05, 0) is 30.5 Å². The van der Waals surface area contributed by atoms with Gasteiger partial charge in [0.1, 0.15) is 12.4 Å². The summed E-state index contributed by atoms with van der Waals surface area (Å²) in [4.78, 5) is 0. The van der Waals surface area contributed by atoms with Gasteiger partial charge in [-0.2, -0.15) is 0 Å². The first-order chi connectivity index (χ1) is 9.31. The van der Waals surface area contributed by atoms with Crippen molar-refractivity contribution in [2.24, 2.45) is 5.92 Å². The molecule has 0 atom stereocenters. The first kappa shape index (κ1) is 17.3. The van der Waals surface area contributed by atoms with Crippen LogP contribution in [0.3, 0.4) is 0 Å². The van der Waals surface area contributed by atoms with Gasteiger partial charge >= 0.3 is 0 Å². The Morgan fingerprint density at radius 2 is 2.05 bits per heavy atom. The second-order valence-electron chi connectivity index (χ2n) is 5.13. The molecule has 0 saturated heterocycles. The van der Waals surface area contributed by atoms with Crippen LogP contribution in [-0.2, 0) is 10.0 Å². The average Bonchev–Trinajstić information content (AvgIpc) is 2.36. The molecule has 0 aromatic heterocycles. The van der Waals surface area contributed by atoms with E-state index in [1.807, 2.05) is 13.8 Å². The lowest BCUT2D eigenvalue weighted by atomic mass is 10.2. The number of hydrogen-bond acceptors (Lipinski definition) is 3. The number of rotatable bonds is 8. The van der Waals surface area contributed by atoms with E-state index in [1.54, 1.807) is 31.3 Å². The van der Waals surface area contributed by atoms with Crippen molar-refractivity contribution >= 4 is 21.6 Å². The van der Waals surface area contributed by atoms with Gasteiger partial charge in [-0.1, -0.05) is 31.5 Å². The van der Waals surface area contributed by atoms with Crippen molar-refractivity contribution in [3.05, 3.63) is 29.3 Å². The Labute approximate surface area is 126 Å². The minimum absolute atomic E-state index is 0.179. The van der Waals surface area contributed by atoms with Crippen molar-refractivity contribution in [3.63, 3.8) is 0 Å². The highest BCUT2D eigenvalue weighted by atomic mass is 35.5. The third kappa shape index (κ3) is 6.11. The SMILES string of the molecule is CC(C)CCS(=O)(=O)N(C)CCOc1cccc(Cl)c1. The number of likely N-dealkylation sites (N-methyl/N-ethyl adjacent to an activating group) is 1. The van der Waals surface area contributed by atoms with Crippen molar-refractivity contribution in [1.82, 2.24) is 4.31 Å². The van der Waals surface area contributed by atoms with E-state index in [2.05, 4.69) is 0 Å². The summed E-state index contributed by atoms with van der Waals surface area (Å²) < 4.78 is 30.8. The maximum Gasteiger partial charge on any atom is 0.213 e. The molecule has 1 rings (SSSR count). The zero-order valence-electron chi connectivity index (χ0n) is 12.2. The quantitative estimate of drug-likeness (QED) is 0.740. The molecular weight excluding hydrogens is 298 g/mol. The van der Waals surface area contributed by atoms with Crippen LogP contribution in [0.15, 0.2) is 24.3 Å². The van der Waals surface area contributed by atoms with Crippen molar-refractivity contribution in [3.8, 4) is 5.75 Å². The number of nitrogens with zero attached hydrogens (tertiary/aromatic N) is 1. The van der Waals surface area contributed by atoms with Gasteiger partial charge in [0.15, 0.2) is 0 Å². The molecule has 0 saturated carbocycles. The molecule has 0 radical (unpaired) electrons. The van der Waals surface area contributed by atoms with Crippen LogP contribution in [0, 0.1) is 5.92 Å². The number of halogens is 1. The van der Waals surface area contributed by atoms with Crippen molar-refractivity contribution in [1.29, 1.82) is 0 Å². The summed E-state index contributed by atoms with van der Waals surface area (Å²) in [5, 5.41) is 0.598. The van der Waals surface area contributed by atoms with E-state index < -0.39 is 10.0 Å². The molecule has 0 fully saturated rings. The summed E-state index contributed by atoms with van der Waals surface area (Å²) in [5.41, 5.74) is 0. The largest absolute Gasteiger partial charge is 0.492 e. The molecule has 4 nitrogen and oxygen atoms in total. The Morgan fingerprint density at radius 3 is 2.65 bits per heavy atom. The number of sulfonamides is 1. The third-order valence-electron chi connectivity index (χ3n) is 2.90. The van der Waals surface area contributed by atoms with Gasteiger partial charge in [-0.25, -0.2) is 12.7 Å². The van der Waals surface area contributed by atoms with Crippen molar-refractivity contribution < 1.29 is 13.2 Å². The van der Waals surface area contributed by atoms with E-state index in [0.29, 0.717) is 36.3 Å². The molecule has 1 aromatic rings. The van der Waals surface area contributed by atoms with Gasteiger partial charge in [0.25, 0.3) is 0 Å². The average molecular weight is 320 g/mol. The molecule has 0 aliphatic rings. The van der Waals surface area contributed by atoms with Crippen LogP contribution in [0.1, 0.15) is 20.3 Å². The lowest BCUT2D eigenvalue weighted by Gasteiger charge is -2.18. The molecule has 0 aliphatic carbocycles. The van der Waals surface area contributed by atoms with Crippen molar-refractivity contribution in [2.75, 3.05) is 26.0 Å². The molecule has 1 aromatic carbocycles. The van der Waals surface area contributed by atoms with Crippen LogP contribution in [0.25, 0.3) is 0 Å². The second kappa shape index (κ2) is 7.86. The van der Waals surface area contributed by atoms with E-state index >= 15 is 0 Å². The van der Waals surface area contributed by atoms with Crippen LogP contribution in [0.5, 0.6) is 5.75 Å². The molecule has 0 unspecified atom stereocenters. The first-order valence-electron chi connectivity index (χ1n) is 6.63. The summed E-state index contributed by atoms with van der Waals surface area (Å²) in [7, 11) is -1.61. The number of benzene rings is 1. The monoisotopic (exact) mass is 319 g/mol. The lowest BCUT2D eigenvalue weighted by Crippen LogP contribution is -2.33. The Balaban J connectivity index is 2.41. The molecule has 114 valence electrons. The van der Waals surface area contributed by atoms with Gasteiger partial charge in [0.05, 0.1) is 5.75 Å². The summed E-state index contributed by atoms with van der Waals surface area (Å²) >= 11 is 5.84. The first-order valence-corrected chi connectivity index (χ1v) is 8.62. The molecule has 0 amide bonds. The van der Waals surface area contributed by atoms with E-state index in [4.69, 9.17) is 16.3 Å². The van der Waals surface area contributed by atoms with Gasteiger partial charge < -0.3 is 4.74 Å². The Morgan fingerprint density at radius 1 is 1.35 bits per heavy atom. The molecule has 0 N–H and O–H groups in total. The summed E-state index contributed by atoms with van der Waals surface area (Å²) in [5.74, 6) is 1.20. The summed E-state index contributed by atoms with van der Waals surface area (Å²) in [6.45, 7) is 4.65.